The van der Waals surface area contributed by atoms with Gasteiger partial charge in [-0.25, -0.2) is 0 Å². The zero-order chi connectivity index (χ0) is 11.6. The molecular formula is C8H5Cl3NO3-. The Hall–Kier alpha value is -0.710. The van der Waals surface area contributed by atoms with Crippen molar-refractivity contribution in [1.82, 2.24) is 4.98 Å². The van der Waals surface area contributed by atoms with Gasteiger partial charge in [0.05, 0.1) is 11.0 Å². The van der Waals surface area contributed by atoms with Crippen LogP contribution in [0.2, 0.25) is 15.2 Å². The van der Waals surface area contributed by atoms with Gasteiger partial charge in [-0.3, -0.25) is 0 Å². The molecule has 0 aliphatic carbocycles. The summed E-state index contributed by atoms with van der Waals surface area (Å²) in [5.41, 5.74) is 0. The zero-order valence-corrected chi connectivity index (χ0v) is 9.73. The van der Waals surface area contributed by atoms with Crippen LogP contribution in [0.3, 0.4) is 0 Å². The molecular weight excluding hydrogens is 264 g/mol. The monoisotopic (exact) mass is 268 g/mol. The molecule has 0 radical (unpaired) electrons. The highest BCUT2D eigenvalue weighted by molar-refractivity contribution is 6.42. The Labute approximate surface area is 101 Å². The Balaban J connectivity index is 2.95. The number of rotatable bonds is 3. The maximum absolute atomic E-state index is 10.4. The van der Waals surface area contributed by atoms with Crippen molar-refractivity contribution >= 4 is 40.8 Å². The van der Waals surface area contributed by atoms with Crippen molar-refractivity contribution in [3.05, 3.63) is 21.3 Å². The molecule has 4 nitrogen and oxygen atoms in total. The number of aliphatic carboxylic acids is 1. The lowest BCUT2D eigenvalue weighted by Gasteiger charge is -2.15. The topological polar surface area (TPSA) is 62.2 Å². The lowest BCUT2D eigenvalue weighted by Crippen LogP contribution is -2.37. The number of carboxylic acid groups (broad SMARTS) is 1. The molecule has 0 saturated heterocycles. The first kappa shape index (κ1) is 12.4. The van der Waals surface area contributed by atoms with Crippen LogP contribution in [0.5, 0.6) is 5.88 Å². The number of hydrogen-bond donors (Lipinski definition) is 0. The molecule has 0 N–H and O–H groups in total. The summed E-state index contributed by atoms with van der Waals surface area (Å²) in [6, 6.07) is 1.32. The molecule has 1 aromatic rings. The smallest absolute Gasteiger partial charge is 0.234 e. The summed E-state index contributed by atoms with van der Waals surface area (Å²) >= 11 is 16.9. The van der Waals surface area contributed by atoms with Crippen LogP contribution in [0.25, 0.3) is 0 Å². The summed E-state index contributed by atoms with van der Waals surface area (Å²) < 4.78 is 4.89. The van der Waals surface area contributed by atoms with E-state index in [1.807, 2.05) is 0 Å². The summed E-state index contributed by atoms with van der Waals surface area (Å²) in [5.74, 6) is -1.47. The molecule has 7 heteroatoms. The second kappa shape index (κ2) is 4.88. The molecule has 0 bridgehead atoms. The van der Waals surface area contributed by atoms with Crippen LogP contribution >= 0.6 is 34.8 Å². The largest absolute Gasteiger partial charge is 0.546 e. The number of aromatic nitrogens is 1. The maximum atomic E-state index is 10.4. The molecule has 82 valence electrons. The van der Waals surface area contributed by atoms with E-state index in [1.165, 1.54) is 13.0 Å². The molecule has 0 amide bonds. The molecule has 0 aliphatic heterocycles. The minimum atomic E-state index is -1.38. The van der Waals surface area contributed by atoms with E-state index in [4.69, 9.17) is 39.5 Å². The predicted octanol–water partition coefficient (Wildman–Crippen LogP) is 1.56. The third kappa shape index (κ3) is 3.12. The fourth-order valence-electron chi connectivity index (χ4n) is 0.727. The second-order valence-electron chi connectivity index (χ2n) is 2.63. The van der Waals surface area contributed by atoms with Crippen molar-refractivity contribution in [3.63, 3.8) is 0 Å². The zero-order valence-electron chi connectivity index (χ0n) is 7.46. The van der Waals surface area contributed by atoms with Gasteiger partial charge in [-0.05, 0) is 13.0 Å². The number of ether oxygens (including phenoxy) is 1. The first-order valence-corrected chi connectivity index (χ1v) is 4.94. The van der Waals surface area contributed by atoms with Gasteiger partial charge in [0, 0.05) is 0 Å². The molecule has 1 rings (SSSR count). The molecule has 15 heavy (non-hydrogen) atoms. The summed E-state index contributed by atoms with van der Waals surface area (Å²) in [6.07, 6.45) is -1.17. The predicted molar refractivity (Wildman–Crippen MR) is 54.4 cm³/mol. The van der Waals surface area contributed by atoms with Crippen molar-refractivity contribution in [3.8, 4) is 5.88 Å². The third-order valence-corrected chi connectivity index (χ3v) is 2.42. The van der Waals surface area contributed by atoms with Gasteiger partial charge in [-0.1, -0.05) is 34.8 Å². The lowest BCUT2D eigenvalue weighted by molar-refractivity contribution is -0.312. The van der Waals surface area contributed by atoms with Gasteiger partial charge >= 0.3 is 0 Å². The number of pyridine rings is 1. The first-order chi connectivity index (χ1) is 6.91. The van der Waals surface area contributed by atoms with E-state index in [-0.39, 0.29) is 21.1 Å². The van der Waals surface area contributed by atoms with Gasteiger partial charge in [0.25, 0.3) is 0 Å². The van der Waals surface area contributed by atoms with E-state index in [0.717, 1.165) is 0 Å². The molecule has 0 aliphatic rings. The molecule has 1 aromatic heterocycles. The van der Waals surface area contributed by atoms with Crippen LogP contribution in [0.1, 0.15) is 6.92 Å². The fourth-order valence-corrected chi connectivity index (χ4v) is 1.26. The van der Waals surface area contributed by atoms with E-state index < -0.39 is 12.1 Å². The van der Waals surface area contributed by atoms with E-state index in [0.29, 0.717) is 0 Å². The highest BCUT2D eigenvalue weighted by atomic mass is 35.5. The Morgan fingerprint density at radius 1 is 1.47 bits per heavy atom. The molecule has 0 spiro atoms. The van der Waals surface area contributed by atoms with Gasteiger partial charge in [0.1, 0.15) is 11.1 Å². The lowest BCUT2D eigenvalue weighted by atomic mass is 10.4. The van der Waals surface area contributed by atoms with Gasteiger partial charge in [-0.2, -0.15) is 4.98 Å². The summed E-state index contributed by atoms with van der Waals surface area (Å²) in [5, 5.41) is 10.6. The average Bonchev–Trinajstić information content (AvgIpc) is 2.13. The van der Waals surface area contributed by atoms with Gasteiger partial charge in [0.2, 0.25) is 5.88 Å². The highest BCUT2D eigenvalue weighted by Gasteiger charge is 2.12. The SMILES string of the molecule is CC(Oc1nc(Cl)c(Cl)cc1Cl)C(=O)[O-]. The van der Waals surface area contributed by atoms with E-state index in [9.17, 15) is 9.90 Å². The molecule has 0 saturated carbocycles. The fraction of sp³-hybridized carbons (Fsp3) is 0.250. The molecule has 0 fully saturated rings. The molecule has 1 heterocycles. The second-order valence-corrected chi connectivity index (χ2v) is 3.80. The number of nitrogens with zero attached hydrogens (tertiary/aromatic N) is 1. The molecule has 1 unspecified atom stereocenters. The quantitative estimate of drug-likeness (QED) is 0.781. The Morgan fingerprint density at radius 2 is 2.07 bits per heavy atom. The first-order valence-electron chi connectivity index (χ1n) is 3.81. The average molecular weight is 269 g/mol. The highest BCUT2D eigenvalue weighted by Crippen LogP contribution is 2.30. The van der Waals surface area contributed by atoms with Crippen molar-refractivity contribution in [2.45, 2.75) is 13.0 Å². The number of hydrogen-bond acceptors (Lipinski definition) is 4. The number of carboxylic acids is 1. The van der Waals surface area contributed by atoms with Crippen molar-refractivity contribution in [2.75, 3.05) is 0 Å². The third-order valence-electron chi connectivity index (χ3n) is 1.47. The van der Waals surface area contributed by atoms with Crippen molar-refractivity contribution < 1.29 is 14.6 Å². The van der Waals surface area contributed by atoms with Gasteiger partial charge in [0.15, 0.2) is 5.15 Å². The Bertz CT molecular complexity index is 397. The van der Waals surface area contributed by atoms with Crippen LogP contribution in [-0.4, -0.2) is 17.1 Å². The minimum Gasteiger partial charge on any atom is -0.546 e. The summed E-state index contributed by atoms with van der Waals surface area (Å²) in [4.78, 5) is 14.1. The van der Waals surface area contributed by atoms with E-state index in [1.54, 1.807) is 0 Å². The van der Waals surface area contributed by atoms with Crippen LogP contribution in [0.15, 0.2) is 6.07 Å². The molecule has 1 atom stereocenters. The normalized spacial score (nSPS) is 12.3. The Morgan fingerprint density at radius 3 is 2.60 bits per heavy atom. The number of carbonyl (C=O) groups is 1. The summed E-state index contributed by atoms with van der Waals surface area (Å²) in [7, 11) is 0. The number of carbonyl (C=O) groups excluding carboxylic acids is 1. The van der Waals surface area contributed by atoms with Gasteiger partial charge in [-0.15, -0.1) is 0 Å². The maximum Gasteiger partial charge on any atom is 0.234 e. The van der Waals surface area contributed by atoms with Gasteiger partial charge < -0.3 is 14.6 Å². The van der Waals surface area contributed by atoms with Crippen molar-refractivity contribution in [2.24, 2.45) is 0 Å². The Kier molecular flexibility index (Phi) is 4.02. The molecule has 0 aromatic carbocycles. The van der Waals surface area contributed by atoms with E-state index >= 15 is 0 Å². The standard InChI is InChI=1S/C8H6Cl3NO3/c1-3(8(13)14)15-7-5(10)2-4(9)6(11)12-7/h2-3H,1H3,(H,13,14)/p-1. The van der Waals surface area contributed by atoms with Crippen molar-refractivity contribution in [1.29, 1.82) is 0 Å². The van der Waals surface area contributed by atoms with E-state index in [2.05, 4.69) is 4.98 Å². The summed E-state index contributed by atoms with van der Waals surface area (Å²) in [6.45, 7) is 1.29. The minimum absolute atomic E-state index is 0.0124. The van der Waals surface area contributed by atoms with Crippen LogP contribution in [-0.2, 0) is 4.79 Å². The van der Waals surface area contributed by atoms with Crippen LogP contribution < -0.4 is 9.84 Å². The van der Waals surface area contributed by atoms with Crippen LogP contribution in [0, 0.1) is 0 Å². The van der Waals surface area contributed by atoms with Crippen LogP contribution in [0.4, 0.5) is 0 Å². The number of halogens is 3.